The number of carbonyl (C=O) groups is 1. The Morgan fingerprint density at radius 3 is 2.36 bits per heavy atom. The Labute approximate surface area is 261 Å². The molecule has 1 aliphatic rings. The van der Waals surface area contributed by atoms with Gasteiger partial charge >= 0.3 is 6.18 Å². The maximum absolute atomic E-state index is 13.7. The van der Waals surface area contributed by atoms with Crippen LogP contribution in [0, 0.1) is 18.3 Å². The zero-order valence-electron chi connectivity index (χ0n) is 24.0. The molecule has 2 heterocycles. The highest BCUT2D eigenvalue weighted by atomic mass is 32.2. The third-order valence-electron chi connectivity index (χ3n) is 7.23. The number of nitrogens with one attached hydrogen (secondary N) is 1. The van der Waals surface area contributed by atoms with E-state index in [1.807, 2.05) is 19.1 Å². The normalized spacial score (nSPS) is 15.4. The van der Waals surface area contributed by atoms with Crippen molar-refractivity contribution < 1.29 is 26.4 Å². The van der Waals surface area contributed by atoms with Gasteiger partial charge in [0.15, 0.2) is 5.57 Å². The Morgan fingerprint density at radius 2 is 1.69 bits per heavy atom. The molecule has 0 saturated carbocycles. The van der Waals surface area contributed by atoms with Crippen molar-refractivity contribution in [3.05, 3.63) is 109 Å². The molecule has 0 radical (unpaired) electrons. The molecule has 8 nitrogen and oxygen atoms in total. The number of alkyl halides is 3. The van der Waals surface area contributed by atoms with Crippen molar-refractivity contribution >= 4 is 44.6 Å². The maximum atomic E-state index is 13.7. The summed E-state index contributed by atoms with van der Waals surface area (Å²) >= 11 is 0.782. The van der Waals surface area contributed by atoms with Gasteiger partial charge in [0.1, 0.15) is 10.7 Å². The molecule has 0 spiro atoms. The standard InChI is InChI=1S/C32H27F3N4O4S2/c1-21-11-13-22(14-12-21)17-28-30(41)39(25-9-5-7-23(18-25)32(33,34)35)31(44-28)27(20-36)29(40)37-24-8-6-10-26(19-24)45(42,43)38-15-3-2-4-16-38/h5-14,17-19H,2-4,15-16H2,1H3,(H,37,40)/b28-17-,31-27-. The number of hydrogen-bond acceptors (Lipinski definition) is 6. The number of sulfonamides is 1. The Bertz CT molecular complexity index is 2090. The van der Waals surface area contributed by atoms with Crippen LogP contribution in [0.3, 0.4) is 0 Å². The summed E-state index contributed by atoms with van der Waals surface area (Å²) < 4.78 is 69.3. The second-order valence-electron chi connectivity index (χ2n) is 10.4. The molecule has 1 aromatic heterocycles. The fourth-order valence-corrected chi connectivity index (χ4v) is 7.56. The number of benzene rings is 3. The molecule has 0 bridgehead atoms. The number of amides is 1. The van der Waals surface area contributed by atoms with Gasteiger partial charge in [0.25, 0.3) is 11.5 Å². The van der Waals surface area contributed by atoms with Crippen molar-refractivity contribution in [1.29, 1.82) is 5.26 Å². The molecule has 4 aromatic rings. The highest BCUT2D eigenvalue weighted by Crippen LogP contribution is 2.30. The summed E-state index contributed by atoms with van der Waals surface area (Å²) in [4.78, 5) is 27.1. The Hall–Kier alpha value is -4.51. The predicted molar refractivity (Wildman–Crippen MR) is 166 cm³/mol. The first-order valence-electron chi connectivity index (χ1n) is 13.9. The number of nitriles is 1. The van der Waals surface area contributed by atoms with Gasteiger partial charge in [0.05, 0.1) is 20.7 Å². The number of aromatic nitrogens is 1. The molecular formula is C32H27F3N4O4S2. The van der Waals surface area contributed by atoms with Gasteiger partial charge in [-0.15, -0.1) is 11.3 Å². The lowest BCUT2D eigenvalue weighted by Gasteiger charge is -2.26. The number of hydrogen-bond donors (Lipinski definition) is 1. The SMILES string of the molecule is Cc1ccc(/C=c2\s/c(=C(/C#N)C(=O)Nc3cccc(S(=O)(=O)N4CCCCC4)c3)n(-c3cccc(C(F)(F)F)c3)c2=O)cc1. The van der Waals surface area contributed by atoms with Crippen LogP contribution in [-0.2, 0) is 21.0 Å². The van der Waals surface area contributed by atoms with Crippen LogP contribution in [-0.4, -0.2) is 36.3 Å². The maximum Gasteiger partial charge on any atom is 0.416 e. The first-order chi connectivity index (χ1) is 21.4. The third kappa shape index (κ3) is 6.93. The van der Waals surface area contributed by atoms with E-state index < -0.39 is 38.8 Å². The summed E-state index contributed by atoms with van der Waals surface area (Å²) in [5, 5.41) is 12.6. The number of anilines is 1. The average Bonchev–Trinajstić information content (AvgIpc) is 3.33. The average molecular weight is 653 g/mol. The van der Waals surface area contributed by atoms with Gasteiger partial charge < -0.3 is 5.32 Å². The summed E-state index contributed by atoms with van der Waals surface area (Å²) in [7, 11) is -3.82. The highest BCUT2D eigenvalue weighted by molar-refractivity contribution is 7.89. The predicted octanol–water partition coefficient (Wildman–Crippen LogP) is 4.54. The van der Waals surface area contributed by atoms with Crippen molar-refractivity contribution in [2.24, 2.45) is 0 Å². The summed E-state index contributed by atoms with van der Waals surface area (Å²) in [6, 6.07) is 18.6. The Kier molecular flexibility index (Phi) is 9.11. The molecule has 1 saturated heterocycles. The first kappa shape index (κ1) is 31.9. The molecule has 1 N–H and O–H groups in total. The monoisotopic (exact) mass is 652 g/mol. The zero-order chi connectivity index (χ0) is 32.4. The van der Waals surface area contributed by atoms with Crippen LogP contribution in [0.5, 0.6) is 0 Å². The number of nitrogens with zero attached hydrogens (tertiary/aromatic N) is 3. The molecule has 0 atom stereocenters. The molecule has 232 valence electrons. The number of aryl methyl sites for hydroxylation is 1. The van der Waals surface area contributed by atoms with Gasteiger partial charge in [0, 0.05) is 18.8 Å². The third-order valence-corrected chi connectivity index (χ3v) is 10.2. The van der Waals surface area contributed by atoms with E-state index in [2.05, 4.69) is 5.32 Å². The van der Waals surface area contributed by atoms with E-state index in [1.165, 1.54) is 40.7 Å². The molecule has 45 heavy (non-hydrogen) atoms. The fourth-order valence-electron chi connectivity index (χ4n) is 4.90. The summed E-state index contributed by atoms with van der Waals surface area (Å²) in [6.07, 6.45) is -0.747. The largest absolute Gasteiger partial charge is 0.416 e. The topological polar surface area (TPSA) is 112 Å². The quantitative estimate of drug-likeness (QED) is 0.329. The minimum Gasteiger partial charge on any atom is -0.321 e. The summed E-state index contributed by atoms with van der Waals surface area (Å²) in [5.41, 5.74) is -0.752. The first-order valence-corrected chi connectivity index (χ1v) is 16.2. The van der Waals surface area contributed by atoms with Crippen LogP contribution < -0.4 is 20.1 Å². The zero-order valence-corrected chi connectivity index (χ0v) is 25.6. The molecule has 1 amide bonds. The summed E-state index contributed by atoms with van der Waals surface area (Å²) in [6.45, 7) is 2.66. The molecular weight excluding hydrogens is 626 g/mol. The lowest BCUT2D eigenvalue weighted by Crippen LogP contribution is -2.35. The lowest BCUT2D eigenvalue weighted by atomic mass is 10.1. The van der Waals surface area contributed by atoms with Crippen LogP contribution in [0.25, 0.3) is 17.3 Å². The molecule has 3 aromatic carbocycles. The van der Waals surface area contributed by atoms with Crippen LogP contribution in [0.4, 0.5) is 18.9 Å². The van der Waals surface area contributed by atoms with Gasteiger partial charge in [-0.1, -0.05) is 48.4 Å². The van der Waals surface area contributed by atoms with E-state index in [9.17, 15) is 36.4 Å². The van der Waals surface area contributed by atoms with E-state index >= 15 is 0 Å². The van der Waals surface area contributed by atoms with Gasteiger partial charge in [0.2, 0.25) is 10.0 Å². The fraction of sp³-hybridized carbons (Fsp3) is 0.219. The van der Waals surface area contributed by atoms with Crippen LogP contribution in [0.2, 0.25) is 0 Å². The van der Waals surface area contributed by atoms with E-state index in [0.717, 1.165) is 58.9 Å². The summed E-state index contributed by atoms with van der Waals surface area (Å²) in [5.74, 6) is -0.964. The Morgan fingerprint density at radius 1 is 1.00 bits per heavy atom. The Balaban J connectivity index is 1.63. The molecule has 0 aliphatic carbocycles. The number of rotatable bonds is 6. The van der Waals surface area contributed by atoms with E-state index in [-0.39, 0.29) is 25.5 Å². The lowest BCUT2D eigenvalue weighted by molar-refractivity contribution is -0.137. The molecule has 0 unspecified atom stereocenters. The highest BCUT2D eigenvalue weighted by Gasteiger charge is 2.31. The molecule has 5 rings (SSSR count). The number of thiazole rings is 1. The van der Waals surface area contributed by atoms with E-state index in [0.29, 0.717) is 18.7 Å². The minimum absolute atomic E-state index is 0.0345. The number of piperidine rings is 1. The van der Waals surface area contributed by atoms with Crippen molar-refractivity contribution in [2.45, 2.75) is 37.3 Å². The number of carbonyl (C=O) groups excluding carboxylic acids is 1. The molecule has 1 aliphatic heterocycles. The second-order valence-corrected chi connectivity index (χ2v) is 13.4. The van der Waals surface area contributed by atoms with E-state index in [4.69, 9.17) is 0 Å². The van der Waals surface area contributed by atoms with Crippen LogP contribution in [0.15, 0.2) is 82.5 Å². The number of halogens is 3. The molecule has 1 fully saturated rings. The smallest absolute Gasteiger partial charge is 0.321 e. The minimum atomic E-state index is -4.70. The molecule has 13 heteroatoms. The van der Waals surface area contributed by atoms with Crippen LogP contribution >= 0.6 is 11.3 Å². The van der Waals surface area contributed by atoms with E-state index in [1.54, 1.807) is 18.2 Å². The van der Waals surface area contributed by atoms with Gasteiger partial charge in [-0.25, -0.2) is 8.42 Å². The van der Waals surface area contributed by atoms with Crippen molar-refractivity contribution in [3.63, 3.8) is 0 Å². The van der Waals surface area contributed by atoms with Gasteiger partial charge in [-0.3, -0.25) is 14.2 Å². The van der Waals surface area contributed by atoms with Gasteiger partial charge in [-0.05, 0) is 67.8 Å². The van der Waals surface area contributed by atoms with Crippen molar-refractivity contribution in [3.8, 4) is 11.8 Å². The van der Waals surface area contributed by atoms with Gasteiger partial charge in [-0.2, -0.15) is 22.7 Å². The van der Waals surface area contributed by atoms with Crippen LogP contribution in [0.1, 0.15) is 36.0 Å². The second kappa shape index (κ2) is 12.8. The van der Waals surface area contributed by atoms with Crippen molar-refractivity contribution in [1.82, 2.24) is 8.87 Å². The van der Waals surface area contributed by atoms with Crippen molar-refractivity contribution in [2.75, 3.05) is 18.4 Å².